The van der Waals surface area contributed by atoms with Gasteiger partial charge in [0.05, 0.1) is 18.4 Å². The third kappa shape index (κ3) is 4.36. The molecule has 0 radical (unpaired) electrons. The molecule has 1 saturated heterocycles. The number of carbonyl (C=O) groups is 1. The number of sulfonamides is 1. The summed E-state index contributed by atoms with van der Waals surface area (Å²) in [6, 6.07) is 12.6. The molecule has 0 saturated carbocycles. The predicted octanol–water partition coefficient (Wildman–Crippen LogP) is 2.39. The summed E-state index contributed by atoms with van der Waals surface area (Å²) in [6.07, 6.45) is 0.300. The van der Waals surface area contributed by atoms with Crippen molar-refractivity contribution < 1.29 is 17.9 Å². The zero-order chi connectivity index (χ0) is 20.3. The van der Waals surface area contributed by atoms with E-state index in [4.69, 9.17) is 4.74 Å². The number of aryl methyl sites for hydroxylation is 2. The Kier molecular flexibility index (Phi) is 6.05. The molecule has 0 aliphatic carbocycles. The molecule has 1 amide bonds. The fourth-order valence-electron chi connectivity index (χ4n) is 3.23. The number of piperazine rings is 1. The molecule has 0 atom stereocenters. The van der Waals surface area contributed by atoms with Crippen molar-refractivity contribution in [3.8, 4) is 5.75 Å². The smallest absolute Gasteiger partial charge is 0.243 e. The molecule has 1 heterocycles. The molecule has 0 bridgehead atoms. The van der Waals surface area contributed by atoms with Crippen LogP contribution in [-0.4, -0.2) is 56.8 Å². The summed E-state index contributed by atoms with van der Waals surface area (Å²) in [5, 5.41) is 0. The zero-order valence-electron chi connectivity index (χ0n) is 16.5. The van der Waals surface area contributed by atoms with Gasteiger partial charge in [0.1, 0.15) is 5.75 Å². The molecule has 1 fully saturated rings. The van der Waals surface area contributed by atoms with Gasteiger partial charge < -0.3 is 9.64 Å². The second-order valence-electron chi connectivity index (χ2n) is 7.06. The highest BCUT2D eigenvalue weighted by atomic mass is 32.2. The minimum atomic E-state index is -3.54. The summed E-state index contributed by atoms with van der Waals surface area (Å²) in [5.41, 5.74) is 2.93. The lowest BCUT2D eigenvalue weighted by molar-refractivity contribution is -0.131. The van der Waals surface area contributed by atoms with Crippen LogP contribution in [0.1, 0.15) is 16.7 Å². The molecule has 2 aromatic carbocycles. The number of ether oxygens (including phenoxy) is 1. The largest absolute Gasteiger partial charge is 0.497 e. The lowest BCUT2D eigenvalue weighted by Gasteiger charge is -2.34. The highest BCUT2D eigenvalue weighted by Crippen LogP contribution is 2.21. The van der Waals surface area contributed by atoms with E-state index in [2.05, 4.69) is 0 Å². The minimum Gasteiger partial charge on any atom is -0.497 e. The van der Waals surface area contributed by atoms with E-state index in [0.29, 0.717) is 37.5 Å². The summed E-state index contributed by atoms with van der Waals surface area (Å²) in [4.78, 5) is 14.6. The van der Waals surface area contributed by atoms with E-state index in [1.165, 1.54) is 4.31 Å². The van der Waals surface area contributed by atoms with Crippen molar-refractivity contribution >= 4 is 15.9 Å². The van der Waals surface area contributed by atoms with Crippen LogP contribution in [0.4, 0.5) is 0 Å². The van der Waals surface area contributed by atoms with Crippen LogP contribution in [0.5, 0.6) is 5.75 Å². The van der Waals surface area contributed by atoms with Gasteiger partial charge in [-0.05, 0) is 54.8 Å². The topological polar surface area (TPSA) is 66.9 Å². The summed E-state index contributed by atoms with van der Waals surface area (Å²) >= 11 is 0. The first kappa shape index (κ1) is 20.4. The fraction of sp³-hybridized carbons (Fsp3) is 0.381. The Bertz CT molecular complexity index is 947. The van der Waals surface area contributed by atoms with Crippen molar-refractivity contribution in [1.29, 1.82) is 0 Å². The maximum atomic E-state index is 12.9. The molecule has 0 unspecified atom stereocenters. The van der Waals surface area contributed by atoms with Crippen molar-refractivity contribution in [3.05, 3.63) is 59.2 Å². The predicted molar refractivity (Wildman–Crippen MR) is 108 cm³/mol. The highest BCUT2D eigenvalue weighted by Gasteiger charge is 2.30. The van der Waals surface area contributed by atoms with Gasteiger partial charge in [0.15, 0.2) is 0 Å². The Morgan fingerprint density at radius 3 is 2.18 bits per heavy atom. The third-order valence-corrected chi connectivity index (χ3v) is 7.12. The van der Waals surface area contributed by atoms with Crippen LogP contribution in [0.25, 0.3) is 0 Å². The van der Waals surface area contributed by atoms with Gasteiger partial charge in [-0.25, -0.2) is 8.42 Å². The van der Waals surface area contributed by atoms with Gasteiger partial charge >= 0.3 is 0 Å². The normalized spacial score (nSPS) is 15.5. The molecular weight excluding hydrogens is 376 g/mol. The van der Waals surface area contributed by atoms with Gasteiger partial charge in [-0.15, -0.1) is 0 Å². The van der Waals surface area contributed by atoms with Crippen molar-refractivity contribution in [3.63, 3.8) is 0 Å². The summed E-state index contributed by atoms with van der Waals surface area (Å²) in [5.74, 6) is 0.759. The highest BCUT2D eigenvalue weighted by molar-refractivity contribution is 7.89. The number of nitrogens with zero attached hydrogens (tertiary/aromatic N) is 2. The first-order valence-electron chi connectivity index (χ1n) is 9.29. The van der Waals surface area contributed by atoms with Crippen LogP contribution in [0.2, 0.25) is 0 Å². The number of methoxy groups -OCH3 is 1. The molecule has 1 aliphatic rings. The monoisotopic (exact) mass is 402 g/mol. The second-order valence-corrected chi connectivity index (χ2v) is 8.99. The fourth-order valence-corrected chi connectivity index (χ4v) is 4.74. The molecule has 150 valence electrons. The number of benzene rings is 2. The molecule has 28 heavy (non-hydrogen) atoms. The van der Waals surface area contributed by atoms with E-state index in [-0.39, 0.29) is 5.91 Å². The number of amides is 1. The Labute approximate surface area is 166 Å². The summed E-state index contributed by atoms with van der Waals surface area (Å²) in [7, 11) is -1.93. The molecule has 3 rings (SSSR count). The van der Waals surface area contributed by atoms with Gasteiger partial charge in [-0.2, -0.15) is 4.31 Å². The lowest BCUT2D eigenvalue weighted by atomic mass is 10.1. The van der Waals surface area contributed by atoms with Crippen molar-refractivity contribution in [2.75, 3.05) is 33.3 Å². The van der Waals surface area contributed by atoms with Gasteiger partial charge in [0, 0.05) is 26.2 Å². The van der Waals surface area contributed by atoms with E-state index in [9.17, 15) is 13.2 Å². The molecule has 1 aliphatic heterocycles. The van der Waals surface area contributed by atoms with Crippen LogP contribution >= 0.6 is 0 Å². The van der Waals surface area contributed by atoms with Gasteiger partial charge in [0.2, 0.25) is 15.9 Å². The molecule has 0 aromatic heterocycles. The molecule has 7 heteroatoms. The average molecular weight is 403 g/mol. The first-order valence-corrected chi connectivity index (χ1v) is 10.7. The van der Waals surface area contributed by atoms with Crippen molar-refractivity contribution in [1.82, 2.24) is 9.21 Å². The summed E-state index contributed by atoms with van der Waals surface area (Å²) in [6.45, 7) is 5.29. The third-order valence-electron chi connectivity index (χ3n) is 5.22. The van der Waals surface area contributed by atoms with Gasteiger partial charge in [0.25, 0.3) is 0 Å². The van der Waals surface area contributed by atoms with E-state index >= 15 is 0 Å². The molecular formula is C21H26N2O4S. The number of rotatable bonds is 5. The maximum Gasteiger partial charge on any atom is 0.243 e. The maximum absolute atomic E-state index is 12.9. The Morgan fingerprint density at radius 2 is 1.61 bits per heavy atom. The van der Waals surface area contributed by atoms with Crippen molar-refractivity contribution in [2.24, 2.45) is 0 Å². The van der Waals surface area contributed by atoms with Crippen LogP contribution in [0, 0.1) is 13.8 Å². The molecule has 0 spiro atoms. The Balaban J connectivity index is 1.61. The molecule has 6 nitrogen and oxygen atoms in total. The number of hydrogen-bond acceptors (Lipinski definition) is 4. The molecule has 2 aromatic rings. The van der Waals surface area contributed by atoms with E-state index < -0.39 is 10.0 Å². The SMILES string of the molecule is COc1ccc(CC(=O)N2CCN(S(=O)(=O)c3ccc(C)c(C)c3)CC2)cc1. The minimum absolute atomic E-state index is 0.00777. The van der Waals surface area contributed by atoms with E-state index in [0.717, 1.165) is 22.4 Å². The van der Waals surface area contributed by atoms with Crippen LogP contribution < -0.4 is 4.74 Å². The van der Waals surface area contributed by atoms with Crippen LogP contribution in [0.3, 0.4) is 0 Å². The Morgan fingerprint density at radius 1 is 0.964 bits per heavy atom. The van der Waals surface area contributed by atoms with Gasteiger partial charge in [-0.1, -0.05) is 18.2 Å². The molecule has 0 N–H and O–H groups in total. The lowest BCUT2D eigenvalue weighted by Crippen LogP contribution is -2.50. The van der Waals surface area contributed by atoms with Crippen molar-refractivity contribution in [2.45, 2.75) is 25.2 Å². The number of carbonyl (C=O) groups excluding carboxylic acids is 1. The Hall–Kier alpha value is -2.38. The van der Waals surface area contributed by atoms with Gasteiger partial charge in [-0.3, -0.25) is 4.79 Å². The first-order chi connectivity index (χ1) is 13.3. The zero-order valence-corrected chi connectivity index (χ0v) is 17.3. The second kappa shape index (κ2) is 8.32. The standard InChI is InChI=1S/C21H26N2O4S/c1-16-4-9-20(14-17(16)2)28(25,26)23-12-10-22(11-13-23)21(24)15-18-5-7-19(27-3)8-6-18/h4-9,14H,10-13,15H2,1-3H3. The van der Waals surface area contributed by atoms with E-state index in [1.807, 2.05) is 44.2 Å². The van der Waals surface area contributed by atoms with Crippen LogP contribution in [0.15, 0.2) is 47.4 Å². The van der Waals surface area contributed by atoms with E-state index in [1.54, 1.807) is 24.1 Å². The summed E-state index contributed by atoms with van der Waals surface area (Å²) < 4.78 is 32.4. The number of hydrogen-bond donors (Lipinski definition) is 0. The van der Waals surface area contributed by atoms with Crippen LogP contribution in [-0.2, 0) is 21.2 Å². The quantitative estimate of drug-likeness (QED) is 0.770. The average Bonchev–Trinajstić information content (AvgIpc) is 2.70.